The second kappa shape index (κ2) is 7.60. The van der Waals surface area contributed by atoms with E-state index in [4.69, 9.17) is 9.40 Å². The Hall–Kier alpha value is -2.92. The van der Waals surface area contributed by atoms with Crippen molar-refractivity contribution in [3.8, 4) is 11.5 Å². The predicted octanol–water partition coefficient (Wildman–Crippen LogP) is 4.73. The largest absolute Gasteiger partial charge is 0.444 e. The summed E-state index contributed by atoms with van der Waals surface area (Å²) in [6.45, 7) is 4.02. The Labute approximate surface area is 164 Å². The lowest BCUT2D eigenvalue weighted by Gasteiger charge is -2.25. The standard InChI is InChI=1S/C23H24N4O/c1-4-12-26(13-5-1)15-20-16-28-23(25-20)19-10-8-18(9-11-19)14-27-17-24-21-6-2-3-7-22(21)27/h2-3,6-11,16-17H,1,4-5,12-15H2. The molecule has 0 radical (unpaired) electrons. The van der Waals surface area contributed by atoms with Gasteiger partial charge >= 0.3 is 0 Å². The Balaban J connectivity index is 1.28. The first-order valence-corrected chi connectivity index (χ1v) is 10.0. The summed E-state index contributed by atoms with van der Waals surface area (Å²) in [5.74, 6) is 0.701. The van der Waals surface area contributed by atoms with E-state index in [0.717, 1.165) is 35.4 Å². The number of piperidine rings is 1. The zero-order valence-electron chi connectivity index (χ0n) is 15.9. The molecule has 5 heteroatoms. The van der Waals surface area contributed by atoms with Gasteiger partial charge in [-0.25, -0.2) is 9.97 Å². The van der Waals surface area contributed by atoms with E-state index in [1.165, 1.54) is 37.9 Å². The van der Waals surface area contributed by atoms with Crippen LogP contribution in [-0.4, -0.2) is 32.5 Å². The lowest BCUT2D eigenvalue weighted by Crippen LogP contribution is -2.29. The van der Waals surface area contributed by atoms with E-state index in [0.29, 0.717) is 5.89 Å². The number of hydrogen-bond donors (Lipinski definition) is 0. The van der Waals surface area contributed by atoms with Gasteiger partial charge in [-0.1, -0.05) is 30.7 Å². The fourth-order valence-corrected chi connectivity index (χ4v) is 3.94. The summed E-state index contributed by atoms with van der Waals surface area (Å²) >= 11 is 0. The number of imidazole rings is 1. The summed E-state index contributed by atoms with van der Waals surface area (Å²) < 4.78 is 7.92. The van der Waals surface area contributed by atoms with E-state index in [9.17, 15) is 0 Å². The van der Waals surface area contributed by atoms with Crippen molar-refractivity contribution in [2.75, 3.05) is 13.1 Å². The van der Waals surface area contributed by atoms with Gasteiger partial charge in [-0.2, -0.15) is 0 Å². The number of rotatable bonds is 5. The van der Waals surface area contributed by atoms with Gasteiger partial charge in [-0.15, -0.1) is 0 Å². The maximum absolute atomic E-state index is 5.74. The molecule has 0 atom stereocenters. The van der Waals surface area contributed by atoms with Gasteiger partial charge in [0.15, 0.2) is 0 Å². The van der Waals surface area contributed by atoms with E-state index >= 15 is 0 Å². The molecule has 1 aliphatic rings. The number of hydrogen-bond acceptors (Lipinski definition) is 4. The summed E-state index contributed by atoms with van der Waals surface area (Å²) in [6.07, 6.45) is 7.63. The van der Waals surface area contributed by atoms with Crippen molar-refractivity contribution in [3.05, 3.63) is 72.4 Å². The second-order valence-electron chi connectivity index (χ2n) is 7.54. The van der Waals surface area contributed by atoms with Crippen molar-refractivity contribution in [3.63, 3.8) is 0 Å². The minimum Gasteiger partial charge on any atom is -0.444 e. The molecule has 0 bridgehead atoms. The third-order valence-corrected chi connectivity index (χ3v) is 5.47. The molecule has 5 nitrogen and oxygen atoms in total. The average molecular weight is 372 g/mol. The van der Waals surface area contributed by atoms with Crippen LogP contribution >= 0.6 is 0 Å². The van der Waals surface area contributed by atoms with Crippen molar-refractivity contribution >= 4 is 11.0 Å². The molecule has 4 aromatic rings. The molecule has 1 fully saturated rings. The van der Waals surface area contributed by atoms with Crippen LogP contribution in [0.1, 0.15) is 30.5 Å². The molecule has 1 aliphatic heterocycles. The Bertz CT molecular complexity index is 1060. The van der Waals surface area contributed by atoms with Gasteiger partial charge < -0.3 is 8.98 Å². The molecule has 2 aromatic carbocycles. The highest BCUT2D eigenvalue weighted by Gasteiger charge is 2.14. The molecule has 0 saturated carbocycles. The number of oxazole rings is 1. The van der Waals surface area contributed by atoms with Crippen LogP contribution in [0.2, 0.25) is 0 Å². The van der Waals surface area contributed by atoms with Crippen molar-refractivity contribution in [1.82, 2.24) is 19.4 Å². The van der Waals surface area contributed by atoms with E-state index < -0.39 is 0 Å². The Morgan fingerprint density at radius 1 is 0.893 bits per heavy atom. The highest BCUT2D eigenvalue weighted by Crippen LogP contribution is 2.22. The quantitative estimate of drug-likeness (QED) is 0.508. The summed E-state index contributed by atoms with van der Waals surface area (Å²) in [5, 5.41) is 0. The zero-order chi connectivity index (χ0) is 18.8. The smallest absolute Gasteiger partial charge is 0.226 e. The number of likely N-dealkylation sites (tertiary alicyclic amines) is 1. The topological polar surface area (TPSA) is 47.1 Å². The predicted molar refractivity (Wildman–Crippen MR) is 110 cm³/mol. The van der Waals surface area contributed by atoms with E-state index in [2.05, 4.69) is 44.8 Å². The monoisotopic (exact) mass is 372 g/mol. The lowest BCUT2D eigenvalue weighted by atomic mass is 10.1. The van der Waals surface area contributed by atoms with Crippen LogP contribution in [0.25, 0.3) is 22.5 Å². The lowest BCUT2D eigenvalue weighted by molar-refractivity contribution is 0.218. The van der Waals surface area contributed by atoms with Crippen molar-refractivity contribution in [1.29, 1.82) is 0 Å². The highest BCUT2D eigenvalue weighted by atomic mass is 16.3. The maximum atomic E-state index is 5.74. The van der Waals surface area contributed by atoms with Crippen LogP contribution in [0.4, 0.5) is 0 Å². The molecule has 0 amide bonds. The van der Waals surface area contributed by atoms with Crippen LogP contribution in [0.15, 0.2) is 65.5 Å². The first kappa shape index (κ1) is 17.2. The first-order chi connectivity index (χ1) is 13.8. The molecular weight excluding hydrogens is 348 g/mol. The molecule has 0 unspecified atom stereocenters. The van der Waals surface area contributed by atoms with Crippen LogP contribution in [0, 0.1) is 0 Å². The first-order valence-electron chi connectivity index (χ1n) is 10.0. The molecule has 0 spiro atoms. The Morgan fingerprint density at radius 3 is 2.57 bits per heavy atom. The minimum atomic E-state index is 0.701. The fraction of sp³-hybridized carbons (Fsp3) is 0.304. The van der Waals surface area contributed by atoms with Gasteiger partial charge in [-0.05, 0) is 55.8 Å². The summed E-state index contributed by atoms with van der Waals surface area (Å²) in [4.78, 5) is 11.6. The fourth-order valence-electron chi connectivity index (χ4n) is 3.94. The van der Waals surface area contributed by atoms with Gasteiger partial charge in [0.05, 0.1) is 23.1 Å². The van der Waals surface area contributed by atoms with E-state index in [1.807, 2.05) is 24.5 Å². The molecule has 2 aromatic heterocycles. The SMILES string of the molecule is c1ccc2c(c1)ncn2Cc1ccc(-c2nc(CN3CCCCC3)co2)cc1. The molecule has 142 valence electrons. The third kappa shape index (κ3) is 3.58. The molecule has 1 saturated heterocycles. The van der Waals surface area contributed by atoms with Crippen molar-refractivity contribution in [2.24, 2.45) is 0 Å². The summed E-state index contributed by atoms with van der Waals surface area (Å²) in [7, 11) is 0. The molecule has 0 N–H and O–H groups in total. The summed E-state index contributed by atoms with van der Waals surface area (Å²) in [6, 6.07) is 16.7. The third-order valence-electron chi connectivity index (χ3n) is 5.47. The Morgan fingerprint density at radius 2 is 1.71 bits per heavy atom. The van der Waals surface area contributed by atoms with E-state index in [-0.39, 0.29) is 0 Å². The Kier molecular flexibility index (Phi) is 4.67. The molecule has 28 heavy (non-hydrogen) atoms. The molecule has 3 heterocycles. The number of benzene rings is 2. The van der Waals surface area contributed by atoms with Crippen molar-refractivity contribution < 1.29 is 4.42 Å². The second-order valence-corrected chi connectivity index (χ2v) is 7.54. The normalized spacial score (nSPS) is 15.3. The van der Waals surface area contributed by atoms with Crippen LogP contribution in [0.3, 0.4) is 0 Å². The highest BCUT2D eigenvalue weighted by molar-refractivity contribution is 5.75. The van der Waals surface area contributed by atoms with Gasteiger partial charge in [0.25, 0.3) is 0 Å². The molecule has 5 rings (SSSR count). The van der Waals surface area contributed by atoms with Crippen LogP contribution in [0.5, 0.6) is 0 Å². The van der Waals surface area contributed by atoms with Gasteiger partial charge in [-0.3, -0.25) is 4.90 Å². The van der Waals surface area contributed by atoms with Crippen LogP contribution in [-0.2, 0) is 13.1 Å². The van der Waals surface area contributed by atoms with Crippen molar-refractivity contribution in [2.45, 2.75) is 32.4 Å². The van der Waals surface area contributed by atoms with E-state index in [1.54, 1.807) is 6.26 Å². The van der Waals surface area contributed by atoms with Gasteiger partial charge in [0.1, 0.15) is 6.26 Å². The minimum absolute atomic E-state index is 0.701. The van der Waals surface area contributed by atoms with Gasteiger partial charge in [0, 0.05) is 18.7 Å². The zero-order valence-corrected chi connectivity index (χ0v) is 15.9. The maximum Gasteiger partial charge on any atom is 0.226 e. The summed E-state index contributed by atoms with van der Waals surface area (Å²) in [5.41, 5.74) is 5.45. The number of nitrogens with zero attached hydrogens (tertiary/aromatic N) is 4. The number of fused-ring (bicyclic) bond motifs is 1. The van der Waals surface area contributed by atoms with Gasteiger partial charge in [0.2, 0.25) is 5.89 Å². The average Bonchev–Trinajstić information content (AvgIpc) is 3.37. The number of aromatic nitrogens is 3. The van der Waals surface area contributed by atoms with Crippen LogP contribution < -0.4 is 0 Å². The number of para-hydroxylation sites is 2. The molecular formula is C23H24N4O. The molecule has 0 aliphatic carbocycles.